The molecule has 0 radical (unpaired) electrons. The summed E-state index contributed by atoms with van der Waals surface area (Å²) in [6.07, 6.45) is 0.667. The maximum atomic E-state index is 9.81. The van der Waals surface area contributed by atoms with Crippen LogP contribution < -0.4 is 0 Å². The quantitative estimate of drug-likeness (QED) is 0.714. The van der Waals surface area contributed by atoms with Crippen LogP contribution in [0, 0.1) is 0 Å². The van der Waals surface area contributed by atoms with E-state index in [1.165, 1.54) is 13.8 Å². The monoisotopic (exact) mass is 340 g/mol. The average Bonchev–Trinajstić information content (AvgIpc) is 2.18. The molecule has 0 aliphatic carbocycles. The third-order valence-electron chi connectivity index (χ3n) is 0.498. The summed E-state index contributed by atoms with van der Waals surface area (Å²) in [6, 6.07) is 0. The number of aliphatic hydroxyl groups is 1. The molecule has 0 saturated heterocycles. The fourth-order valence-corrected chi connectivity index (χ4v) is 0. The van der Waals surface area contributed by atoms with Gasteiger partial charge in [-0.3, -0.25) is 4.79 Å². The molecule has 118 valence electrons. The van der Waals surface area contributed by atoms with Crippen molar-refractivity contribution in [3.05, 3.63) is 0 Å². The molecule has 0 aromatic carbocycles. The number of aliphatic hydroxyl groups excluding tert-OH is 1. The van der Waals surface area contributed by atoms with Gasteiger partial charge in [0.25, 0.3) is 5.97 Å². The first-order valence-electron chi connectivity index (χ1n) is 5.00. The van der Waals surface area contributed by atoms with Gasteiger partial charge in [0, 0.05) is 20.5 Å². The summed E-state index contributed by atoms with van der Waals surface area (Å²) >= 11 is 14.4. The number of carbonyl (C=O) groups excluding carboxylic acids is 2. The van der Waals surface area contributed by atoms with Crippen molar-refractivity contribution in [3.8, 4) is 0 Å². The van der Waals surface area contributed by atoms with E-state index >= 15 is 0 Å². The van der Waals surface area contributed by atoms with Crippen molar-refractivity contribution >= 4 is 52.3 Å². The molecule has 0 unspecified atom stereocenters. The predicted molar refractivity (Wildman–Crippen MR) is 80.1 cm³/mol. The topological polar surface area (TPSA) is 91.7 Å². The molecular weight excluding hydrogens is 318 g/mol. The molecule has 0 rings (SSSR count). The zero-order chi connectivity index (χ0) is 17.0. The molecule has 8 heteroatoms. The van der Waals surface area contributed by atoms with E-state index in [9.17, 15) is 9.59 Å². The molecular formula is C11H23Cl3O5. The van der Waals surface area contributed by atoms with Gasteiger partial charge in [-0.05, 0) is 20.8 Å². The lowest BCUT2D eigenvalue weighted by Gasteiger charge is -1.71. The molecule has 0 bridgehead atoms. The first-order valence-corrected chi connectivity index (χ1v) is 6.31. The van der Waals surface area contributed by atoms with Crippen molar-refractivity contribution in [1.29, 1.82) is 0 Å². The SMILES string of the molecule is CC(=O)O.CC(C)=O.CCC(C)=O.CO.ClC(Cl)Cl. The van der Waals surface area contributed by atoms with Crippen LogP contribution >= 0.6 is 34.8 Å². The number of carboxylic acid groups (broad SMARTS) is 1. The van der Waals surface area contributed by atoms with Crippen molar-refractivity contribution in [2.45, 2.75) is 45.3 Å². The molecule has 19 heavy (non-hydrogen) atoms. The first kappa shape index (κ1) is 31.2. The van der Waals surface area contributed by atoms with Crippen LogP contribution in [-0.4, -0.2) is 39.2 Å². The standard InChI is InChI=1S/C4H8O.C3H6O.C2H4O2.CHCl3.CH4O/c1-3-4(2)5;1-3(2)4;1-2(3)4;2-1(3)4;1-2/h3H2,1-2H3;1-2H3;1H3,(H,3,4);1H;2H,1H3. The van der Waals surface area contributed by atoms with Gasteiger partial charge in [-0.15, -0.1) is 0 Å². The normalized spacial score (nSPS) is 6.89. The molecule has 0 aliphatic heterocycles. The number of ketones is 2. The highest BCUT2D eigenvalue weighted by molar-refractivity contribution is 6.63. The van der Waals surface area contributed by atoms with Gasteiger partial charge in [0.15, 0.2) is 4.30 Å². The van der Waals surface area contributed by atoms with Gasteiger partial charge in [-0.2, -0.15) is 0 Å². The Balaban J connectivity index is -0.0000000441. The predicted octanol–water partition coefficient (Wildman–Crippen LogP) is 3.27. The molecule has 0 aromatic rings. The van der Waals surface area contributed by atoms with E-state index < -0.39 is 10.3 Å². The molecule has 0 spiro atoms. The Kier molecular flexibility index (Phi) is 50.2. The summed E-state index contributed by atoms with van der Waals surface area (Å²) in [5.41, 5.74) is 0. The number of rotatable bonds is 1. The zero-order valence-corrected chi connectivity index (χ0v) is 14.3. The molecule has 0 saturated carbocycles. The number of carboxylic acids is 1. The van der Waals surface area contributed by atoms with Crippen molar-refractivity contribution in [1.82, 2.24) is 0 Å². The Morgan fingerprint density at radius 3 is 1.00 bits per heavy atom. The van der Waals surface area contributed by atoms with Crippen molar-refractivity contribution in [2.75, 3.05) is 7.11 Å². The highest BCUT2D eigenvalue weighted by atomic mass is 35.6. The third-order valence-corrected chi connectivity index (χ3v) is 0.498. The highest BCUT2D eigenvalue weighted by Gasteiger charge is 1.79. The van der Waals surface area contributed by atoms with Crippen LogP contribution in [0.3, 0.4) is 0 Å². The number of halogens is 3. The number of aliphatic carboxylic acids is 1. The lowest BCUT2D eigenvalue weighted by molar-refractivity contribution is -0.134. The maximum absolute atomic E-state index is 9.81. The van der Waals surface area contributed by atoms with Gasteiger partial charge >= 0.3 is 0 Å². The number of carbonyl (C=O) groups is 3. The van der Waals surface area contributed by atoms with Crippen LogP contribution in [0.25, 0.3) is 0 Å². The molecule has 0 heterocycles. The fraction of sp³-hybridized carbons (Fsp3) is 0.727. The van der Waals surface area contributed by atoms with Crippen molar-refractivity contribution in [2.24, 2.45) is 0 Å². The van der Waals surface area contributed by atoms with E-state index in [1.54, 1.807) is 6.92 Å². The van der Waals surface area contributed by atoms with Crippen LogP contribution in [0.4, 0.5) is 0 Å². The zero-order valence-electron chi connectivity index (χ0n) is 12.0. The lowest BCUT2D eigenvalue weighted by Crippen LogP contribution is -1.80. The summed E-state index contributed by atoms with van der Waals surface area (Å²) < 4.78 is -0.750. The van der Waals surface area contributed by atoms with E-state index in [4.69, 9.17) is 49.8 Å². The molecule has 5 nitrogen and oxygen atoms in total. The van der Waals surface area contributed by atoms with Crippen LogP contribution in [0.15, 0.2) is 0 Å². The smallest absolute Gasteiger partial charge is 0.300 e. The Bertz CT molecular complexity index is 186. The van der Waals surface area contributed by atoms with E-state index in [1.807, 2.05) is 6.92 Å². The number of alkyl halides is 3. The van der Waals surface area contributed by atoms with Crippen LogP contribution in [0.1, 0.15) is 41.0 Å². The lowest BCUT2D eigenvalue weighted by atomic mass is 10.4. The summed E-state index contributed by atoms with van der Waals surface area (Å²) in [6.45, 7) is 7.57. The first-order chi connectivity index (χ1) is 8.47. The van der Waals surface area contributed by atoms with Crippen LogP contribution in [-0.2, 0) is 14.4 Å². The molecule has 0 aliphatic rings. The summed E-state index contributed by atoms with van der Waals surface area (Å²) in [5, 5.41) is 14.4. The summed E-state index contributed by atoms with van der Waals surface area (Å²) in [4.78, 5) is 28.3. The largest absolute Gasteiger partial charge is 0.481 e. The minimum atomic E-state index is -0.833. The Hall–Kier alpha value is -0.360. The van der Waals surface area contributed by atoms with Gasteiger partial charge in [0.05, 0.1) is 0 Å². The van der Waals surface area contributed by atoms with E-state index in [2.05, 4.69) is 0 Å². The van der Waals surface area contributed by atoms with Gasteiger partial charge in [-0.1, -0.05) is 41.7 Å². The Morgan fingerprint density at radius 2 is 1.00 bits per heavy atom. The third kappa shape index (κ3) is 1600. The van der Waals surface area contributed by atoms with E-state index in [0.29, 0.717) is 6.42 Å². The molecule has 2 N–H and O–H groups in total. The van der Waals surface area contributed by atoms with Gasteiger partial charge < -0.3 is 19.8 Å². The van der Waals surface area contributed by atoms with Crippen LogP contribution in [0.2, 0.25) is 0 Å². The second kappa shape index (κ2) is 30.6. The minimum Gasteiger partial charge on any atom is -0.481 e. The minimum absolute atomic E-state index is 0.167. The summed E-state index contributed by atoms with van der Waals surface area (Å²) in [5.74, 6) is -0.412. The number of hydrogen-bond acceptors (Lipinski definition) is 4. The average molecular weight is 342 g/mol. The van der Waals surface area contributed by atoms with Gasteiger partial charge in [0.2, 0.25) is 0 Å². The highest BCUT2D eigenvalue weighted by Crippen LogP contribution is 2.03. The number of Topliss-reactive ketones (excluding diaryl/α,β-unsaturated/α-hetero) is 2. The fourth-order valence-electron chi connectivity index (χ4n) is 0. The summed E-state index contributed by atoms with van der Waals surface area (Å²) in [7, 11) is 1.00. The number of hydrogen-bond donors (Lipinski definition) is 2. The Labute approximate surface area is 129 Å². The van der Waals surface area contributed by atoms with Crippen molar-refractivity contribution < 1.29 is 24.6 Å². The molecule has 0 aromatic heterocycles. The second-order valence-corrected chi connectivity index (χ2v) is 4.71. The molecule has 0 amide bonds. The van der Waals surface area contributed by atoms with Crippen molar-refractivity contribution in [3.63, 3.8) is 0 Å². The van der Waals surface area contributed by atoms with E-state index in [-0.39, 0.29) is 11.6 Å². The maximum Gasteiger partial charge on any atom is 0.300 e. The van der Waals surface area contributed by atoms with Gasteiger partial charge in [-0.25, -0.2) is 0 Å². The van der Waals surface area contributed by atoms with Crippen LogP contribution in [0.5, 0.6) is 0 Å². The van der Waals surface area contributed by atoms with E-state index in [0.717, 1.165) is 14.0 Å². The Morgan fingerprint density at radius 1 is 0.947 bits per heavy atom. The second-order valence-electron chi connectivity index (χ2n) is 2.73. The molecule has 0 atom stereocenters. The van der Waals surface area contributed by atoms with Gasteiger partial charge in [0.1, 0.15) is 11.6 Å². The molecule has 0 fully saturated rings.